The fraction of sp³-hybridized carbons (Fsp3) is 0.309. The molecular weight excluding hydrogens is 1340 g/mol. The number of nitrogens with zero attached hydrogens (tertiary/aromatic N) is 2. The lowest BCUT2D eigenvalue weighted by Crippen LogP contribution is -2.41. The van der Waals surface area contributed by atoms with E-state index in [1.165, 1.54) is 12.3 Å². The van der Waals surface area contributed by atoms with Gasteiger partial charge in [0.05, 0.1) is 87.7 Å². The highest BCUT2D eigenvalue weighted by Gasteiger charge is 2.45. The van der Waals surface area contributed by atoms with Crippen molar-refractivity contribution in [2.24, 2.45) is 0 Å². The van der Waals surface area contributed by atoms with E-state index in [-0.39, 0.29) is 55.1 Å². The van der Waals surface area contributed by atoms with Crippen LogP contribution in [0, 0.1) is 0 Å². The molecule has 12 bridgehead atoms. The Balaban J connectivity index is 0.000000533. The lowest BCUT2D eigenvalue weighted by atomic mass is 9.77. The van der Waals surface area contributed by atoms with E-state index in [2.05, 4.69) is 26.3 Å². The van der Waals surface area contributed by atoms with Crippen LogP contribution in [0.2, 0.25) is 0 Å². The Hall–Kier alpha value is -11.4. The number of benzene rings is 8. The maximum Gasteiger partial charge on any atom is 0.351 e. The first-order valence-corrected chi connectivity index (χ1v) is 34.3. The Morgan fingerprint density at radius 1 is 0.390 bits per heavy atom. The number of nitrogens with two attached hydrogens (primary N) is 1. The first-order valence-electron chi connectivity index (χ1n) is 34.3. The van der Waals surface area contributed by atoms with E-state index in [4.69, 9.17) is 53.5 Å². The van der Waals surface area contributed by atoms with Gasteiger partial charge in [-0.3, -0.25) is 23.7 Å². The van der Waals surface area contributed by atoms with E-state index in [9.17, 15) is 15.0 Å². The summed E-state index contributed by atoms with van der Waals surface area (Å²) in [6.45, 7) is -0.453. The summed E-state index contributed by atoms with van der Waals surface area (Å²) < 4.78 is 57.2. The van der Waals surface area contributed by atoms with Gasteiger partial charge in [-0.2, -0.15) is 4.98 Å². The molecule has 13 rings (SSSR count). The lowest BCUT2D eigenvalue weighted by molar-refractivity contribution is -0.125. The largest absolute Gasteiger partial charge is 0.496 e. The van der Waals surface area contributed by atoms with Gasteiger partial charge in [0.15, 0.2) is 6.23 Å². The number of aromatic nitrogens is 2. The number of nitrogen functional groups attached to an aromatic ring is 1. The summed E-state index contributed by atoms with van der Waals surface area (Å²) in [5.41, 5.74) is 12.0. The summed E-state index contributed by atoms with van der Waals surface area (Å²) in [6, 6.07) is 51.3. The minimum Gasteiger partial charge on any atom is -0.496 e. The molecule has 24 nitrogen and oxygen atoms in total. The highest BCUT2D eigenvalue weighted by molar-refractivity contribution is 5.84. The molecule has 1 aromatic heterocycles. The summed E-state index contributed by atoms with van der Waals surface area (Å²) in [6.07, 6.45) is -4.02. The minimum atomic E-state index is -1.31. The standard InChI is InChI=1S/C72H72N4O12.C9H13N3O5/c1-81-57-37-58(82-2)50-29-49(57)45-33-65(77)73-69(41-21-13-9-14-22-41)70(42-23-15-10-16-24-42)74-66(78)34-46(50)55-32-56(64(88-8)40-63(55)87-7)48-36-68(80)76-72(44-27-19-12-20-28-44)71(43-25-17-11-18-26-43)75-67(79)35-47(51-30-52(48)60(84-4)38-59(51)83-3)54-31-53(45)61(85-5)39-62(54)86-6;10-5-1-2-12(9(16)11-5)8-7(15)6(14)4(3-13)17-8/h9-32,37-40,45-48,69-72H,33-36H2,1-8H3,(H,73,77)(H,74,78)(H,75,79)(H,76,80);1-2,4,6-8,13-15H,3H2,(H2,10,11,16)/t45?,46?,47?,48?,69-,70-,71-,72-;4-,6-,7+,8-/m01/s1. The van der Waals surface area contributed by atoms with Crippen molar-refractivity contribution in [2.45, 2.75) is 98.1 Å². The predicted molar refractivity (Wildman–Crippen MR) is 389 cm³/mol. The average Bonchev–Trinajstić information content (AvgIpc) is 0.977. The summed E-state index contributed by atoms with van der Waals surface area (Å²) >= 11 is 0. The van der Waals surface area contributed by atoms with Crippen molar-refractivity contribution in [1.29, 1.82) is 0 Å². The molecule has 4 aliphatic rings. The van der Waals surface area contributed by atoms with Gasteiger partial charge in [-0.15, -0.1) is 0 Å². The predicted octanol–water partition coefficient (Wildman–Crippen LogP) is 9.05. The monoisotopic (exact) mass is 1430 g/mol. The van der Waals surface area contributed by atoms with Crippen LogP contribution in [-0.4, -0.2) is 130 Å². The Labute approximate surface area is 607 Å². The fourth-order valence-electron chi connectivity index (χ4n) is 15.0. The second-order valence-electron chi connectivity index (χ2n) is 26.0. The second kappa shape index (κ2) is 32.5. The maximum atomic E-state index is 15.7. The van der Waals surface area contributed by atoms with Gasteiger partial charge in [-0.05, 0) is 52.6 Å². The highest BCUT2D eigenvalue weighted by atomic mass is 16.6. The van der Waals surface area contributed by atoms with Gasteiger partial charge in [0.25, 0.3) is 0 Å². The number of aliphatic hydroxyl groups is 3. The first-order chi connectivity index (χ1) is 50.9. The number of rotatable bonds is 14. The maximum absolute atomic E-state index is 15.7. The number of anilines is 1. The van der Waals surface area contributed by atoms with E-state index in [1.54, 1.807) is 81.1 Å². The molecule has 0 unspecified atom stereocenters. The van der Waals surface area contributed by atoms with Gasteiger partial charge in [-0.1, -0.05) is 121 Å². The smallest absolute Gasteiger partial charge is 0.351 e. The second-order valence-corrected chi connectivity index (χ2v) is 26.0. The third kappa shape index (κ3) is 15.2. The van der Waals surface area contributed by atoms with Crippen LogP contribution in [0.15, 0.2) is 187 Å². The van der Waals surface area contributed by atoms with E-state index in [1.807, 2.05) is 146 Å². The fourth-order valence-corrected chi connectivity index (χ4v) is 15.0. The molecule has 9 aromatic rings. The summed E-state index contributed by atoms with van der Waals surface area (Å²) in [7, 11) is 12.5. The summed E-state index contributed by atoms with van der Waals surface area (Å²) in [5.74, 6) is -1.95. The van der Waals surface area contributed by atoms with E-state index >= 15 is 19.2 Å². The summed E-state index contributed by atoms with van der Waals surface area (Å²) in [4.78, 5) is 77.9. The average molecular weight is 1430 g/mol. The van der Waals surface area contributed by atoms with Crippen molar-refractivity contribution in [1.82, 2.24) is 30.8 Å². The number of amides is 4. The molecule has 105 heavy (non-hydrogen) atoms. The highest BCUT2D eigenvalue weighted by Crippen LogP contribution is 2.54. The number of methoxy groups -OCH3 is 8. The van der Waals surface area contributed by atoms with Gasteiger partial charge < -0.3 is 85.0 Å². The van der Waals surface area contributed by atoms with Crippen molar-refractivity contribution in [3.63, 3.8) is 0 Å². The van der Waals surface area contributed by atoms with Gasteiger partial charge >= 0.3 is 5.69 Å². The minimum absolute atomic E-state index is 0.0537. The molecule has 1 saturated heterocycles. The van der Waals surface area contributed by atoms with Crippen LogP contribution in [0.3, 0.4) is 0 Å². The van der Waals surface area contributed by atoms with Crippen LogP contribution in [0.1, 0.15) is 147 Å². The van der Waals surface area contributed by atoms with Crippen LogP contribution in [0.4, 0.5) is 5.82 Å². The van der Waals surface area contributed by atoms with Crippen LogP contribution in [0.5, 0.6) is 46.0 Å². The quantitative estimate of drug-likeness (QED) is 0.0503. The Morgan fingerprint density at radius 3 is 0.848 bits per heavy atom. The molecule has 0 saturated carbocycles. The topological polar surface area (TPSA) is 321 Å². The number of hydrogen-bond donors (Lipinski definition) is 8. The molecule has 4 amide bonds. The molecule has 4 heterocycles. The molecule has 9 N–H and O–H groups in total. The molecule has 0 spiro atoms. The number of nitrogens with one attached hydrogen (secondary N) is 4. The van der Waals surface area contributed by atoms with E-state index in [0.29, 0.717) is 90.5 Å². The Morgan fingerprint density at radius 2 is 0.638 bits per heavy atom. The molecular formula is C81H85N7O17. The van der Waals surface area contributed by atoms with Crippen molar-refractivity contribution >= 4 is 29.4 Å². The van der Waals surface area contributed by atoms with Gasteiger partial charge in [0.1, 0.15) is 70.1 Å². The van der Waals surface area contributed by atoms with E-state index < -0.39 is 84.7 Å². The Kier molecular flexibility index (Phi) is 22.7. The van der Waals surface area contributed by atoms with Crippen molar-refractivity contribution in [2.75, 3.05) is 69.2 Å². The third-order valence-corrected chi connectivity index (χ3v) is 20.1. The van der Waals surface area contributed by atoms with Crippen LogP contribution in [-0.2, 0) is 23.9 Å². The van der Waals surface area contributed by atoms with Crippen LogP contribution in [0.25, 0.3) is 0 Å². The zero-order valence-corrected chi connectivity index (χ0v) is 59.3. The summed E-state index contributed by atoms with van der Waals surface area (Å²) in [5, 5.41) is 41.8. The normalized spacial score (nSPS) is 22.9. The molecule has 0 radical (unpaired) electrons. The van der Waals surface area contributed by atoms with Gasteiger partial charge in [0.2, 0.25) is 23.6 Å². The zero-order chi connectivity index (χ0) is 74.2. The van der Waals surface area contributed by atoms with E-state index in [0.717, 1.165) is 26.8 Å². The Bertz CT molecular complexity index is 4180. The number of fused-ring (bicyclic) bond motifs is 8. The third-order valence-electron chi connectivity index (χ3n) is 20.1. The van der Waals surface area contributed by atoms with Gasteiger partial charge in [0, 0.05) is 124 Å². The molecule has 24 heteroatoms. The molecule has 546 valence electrons. The number of carbonyl (C=O) groups is 4. The SMILES string of the molecule is COc1cc(OC)c2cc1C1CC(=O)N[C@@H](c3ccccc3)[C@H](c3ccccc3)NC(=O)CC2c2cc(c(OC)cc2OC)C2CC(=O)N[C@@H](c3ccccc3)[C@H](c3ccccc3)NC(=O)CC(c3cc2c(OC)cc3OC)c2cc1c(OC)cc2OC.Nc1ccn([C@@H]2O[C@H](CO)[C@@H](O)[C@@H]2O)c(=O)n1. The van der Waals surface area contributed by atoms with Crippen molar-refractivity contribution < 1.29 is 77.1 Å². The number of ether oxygens (including phenoxy) is 9. The molecule has 1 aliphatic carbocycles. The molecule has 8 atom stereocenters. The first kappa shape index (κ1) is 73.3. The number of hydrogen-bond acceptors (Lipinski definition) is 19. The van der Waals surface area contributed by atoms with Crippen LogP contribution < -0.4 is 70.6 Å². The number of aliphatic hydroxyl groups excluding tert-OH is 3. The lowest BCUT2D eigenvalue weighted by Gasteiger charge is -2.31. The van der Waals surface area contributed by atoms with Crippen molar-refractivity contribution in [3.8, 4) is 46.0 Å². The van der Waals surface area contributed by atoms with Gasteiger partial charge in [-0.25, -0.2) is 4.79 Å². The van der Waals surface area contributed by atoms with Crippen LogP contribution >= 0.6 is 0 Å². The molecule has 8 aromatic carbocycles. The van der Waals surface area contributed by atoms with Crippen molar-refractivity contribution in [3.05, 3.63) is 259 Å². The molecule has 1 fully saturated rings. The molecule has 3 aliphatic heterocycles. The zero-order valence-electron chi connectivity index (χ0n) is 59.3. The number of carbonyl (C=O) groups excluding carboxylic acids is 4.